The molecule has 1 aliphatic heterocycles. The van der Waals surface area contributed by atoms with Crippen molar-refractivity contribution in [1.82, 2.24) is 4.90 Å². The van der Waals surface area contributed by atoms with E-state index in [1.807, 2.05) is 11.8 Å². The van der Waals surface area contributed by atoms with E-state index in [0.717, 1.165) is 13.0 Å². The number of benzene rings is 1. The van der Waals surface area contributed by atoms with E-state index in [-0.39, 0.29) is 17.1 Å². The number of nitrogens with two attached hydrogens (primary N) is 1. The van der Waals surface area contributed by atoms with E-state index < -0.39 is 0 Å². The lowest BCUT2D eigenvalue weighted by molar-refractivity contribution is 0.0776. The Hall–Kier alpha value is -1.68. The summed E-state index contributed by atoms with van der Waals surface area (Å²) >= 11 is 0. The molecule has 1 atom stereocenters. The third kappa shape index (κ3) is 2.90. The highest BCUT2D eigenvalue weighted by molar-refractivity contribution is 5.98. The topological polar surface area (TPSA) is 63.4 Å². The Morgan fingerprint density at radius 3 is 2.35 bits per heavy atom. The van der Waals surface area contributed by atoms with Crippen molar-refractivity contribution >= 4 is 11.7 Å². The molecule has 0 aliphatic carbocycles. The number of hydrogen-bond donors (Lipinski definition) is 1. The van der Waals surface area contributed by atoms with Crippen molar-refractivity contribution in [2.45, 2.75) is 26.7 Å². The minimum Gasteiger partial charge on any atom is -0.338 e. The van der Waals surface area contributed by atoms with Crippen molar-refractivity contribution in [3.63, 3.8) is 0 Å². The lowest BCUT2D eigenvalue weighted by atomic mass is 9.90. The monoisotopic (exact) mass is 274 g/mol. The van der Waals surface area contributed by atoms with Crippen molar-refractivity contribution in [3.05, 3.63) is 35.4 Å². The molecule has 1 fully saturated rings. The van der Waals surface area contributed by atoms with Crippen LogP contribution in [0, 0.1) is 5.41 Å². The Labute approximate surface area is 119 Å². The zero-order valence-electron chi connectivity index (χ0n) is 12.2. The molecule has 0 saturated carbocycles. The fourth-order valence-corrected chi connectivity index (χ4v) is 2.55. The highest BCUT2D eigenvalue weighted by Crippen LogP contribution is 2.29. The summed E-state index contributed by atoms with van der Waals surface area (Å²) in [6, 6.07) is 6.95. The highest BCUT2D eigenvalue weighted by Gasteiger charge is 2.35. The maximum Gasteiger partial charge on any atom is 0.253 e. The molecule has 1 aliphatic rings. The van der Waals surface area contributed by atoms with Crippen LogP contribution in [-0.2, 0) is 0 Å². The largest absolute Gasteiger partial charge is 0.338 e. The Bertz CT molecular complexity index is 510. The van der Waals surface area contributed by atoms with Crippen LogP contribution in [0.15, 0.2) is 24.3 Å². The van der Waals surface area contributed by atoms with Gasteiger partial charge in [0.25, 0.3) is 5.91 Å². The quantitative estimate of drug-likeness (QED) is 0.855. The number of rotatable bonds is 4. The molecule has 1 saturated heterocycles. The van der Waals surface area contributed by atoms with Crippen LogP contribution >= 0.6 is 0 Å². The van der Waals surface area contributed by atoms with Crippen LogP contribution < -0.4 is 5.73 Å². The van der Waals surface area contributed by atoms with Gasteiger partial charge in [0, 0.05) is 30.6 Å². The zero-order chi connectivity index (χ0) is 14.8. The lowest BCUT2D eigenvalue weighted by Gasteiger charge is -2.22. The van der Waals surface area contributed by atoms with Gasteiger partial charge in [-0.3, -0.25) is 9.59 Å². The second-order valence-corrected chi connectivity index (χ2v) is 5.85. The van der Waals surface area contributed by atoms with Gasteiger partial charge < -0.3 is 10.6 Å². The van der Waals surface area contributed by atoms with Gasteiger partial charge in [-0.15, -0.1) is 0 Å². The molecule has 2 N–H and O–H groups in total. The number of amides is 1. The van der Waals surface area contributed by atoms with E-state index in [4.69, 9.17) is 5.73 Å². The van der Waals surface area contributed by atoms with Crippen molar-refractivity contribution in [2.24, 2.45) is 11.1 Å². The van der Waals surface area contributed by atoms with Gasteiger partial charge in [0.05, 0.1) is 0 Å². The van der Waals surface area contributed by atoms with Gasteiger partial charge in [-0.2, -0.15) is 0 Å². The van der Waals surface area contributed by atoms with Crippen molar-refractivity contribution < 1.29 is 9.59 Å². The second kappa shape index (κ2) is 5.75. The third-order valence-corrected chi connectivity index (χ3v) is 4.11. The summed E-state index contributed by atoms with van der Waals surface area (Å²) in [5.41, 5.74) is 7.10. The predicted molar refractivity (Wildman–Crippen MR) is 78.7 cm³/mol. The molecular formula is C16H22N2O2. The number of nitrogens with zero attached hydrogens (tertiary/aromatic N) is 1. The predicted octanol–water partition coefficient (Wildman–Crippen LogP) is 2.09. The minimum absolute atomic E-state index is 0.0256. The standard InChI is InChI=1S/C16H22N2O2/c1-3-14(19)12-4-6-13(7-5-12)15(20)18-9-8-16(2,10-17)11-18/h4-7H,3,8-11,17H2,1-2H3. The summed E-state index contributed by atoms with van der Waals surface area (Å²) in [6.45, 7) is 6.00. The number of carbonyl (C=O) groups is 2. The first kappa shape index (κ1) is 14.7. The van der Waals surface area contributed by atoms with Crippen LogP contribution in [0.2, 0.25) is 0 Å². The molecule has 0 aromatic heterocycles. The van der Waals surface area contributed by atoms with Crippen molar-refractivity contribution in [3.8, 4) is 0 Å². The molecule has 108 valence electrons. The molecule has 1 amide bonds. The van der Waals surface area contributed by atoms with Crippen molar-refractivity contribution in [2.75, 3.05) is 19.6 Å². The van der Waals surface area contributed by atoms with E-state index in [1.165, 1.54) is 0 Å². The van der Waals surface area contributed by atoms with E-state index in [2.05, 4.69) is 6.92 Å². The minimum atomic E-state index is 0.0256. The Morgan fingerprint density at radius 2 is 1.85 bits per heavy atom. The molecular weight excluding hydrogens is 252 g/mol. The number of ketones is 1. The average molecular weight is 274 g/mol. The Morgan fingerprint density at radius 1 is 1.25 bits per heavy atom. The van der Waals surface area contributed by atoms with Crippen LogP contribution in [0.5, 0.6) is 0 Å². The number of likely N-dealkylation sites (tertiary alicyclic amines) is 1. The molecule has 1 heterocycles. The zero-order valence-corrected chi connectivity index (χ0v) is 12.2. The number of carbonyl (C=O) groups excluding carboxylic acids is 2. The van der Waals surface area contributed by atoms with E-state index >= 15 is 0 Å². The summed E-state index contributed by atoms with van der Waals surface area (Å²) in [7, 11) is 0. The molecule has 0 radical (unpaired) electrons. The van der Waals surface area contributed by atoms with Crippen molar-refractivity contribution in [1.29, 1.82) is 0 Å². The number of Topliss-reactive ketones (excluding diaryl/α,β-unsaturated/α-hetero) is 1. The van der Waals surface area contributed by atoms with Gasteiger partial charge >= 0.3 is 0 Å². The van der Waals surface area contributed by atoms with Crippen LogP contribution in [-0.4, -0.2) is 36.2 Å². The molecule has 1 aromatic rings. The van der Waals surface area contributed by atoms with E-state index in [0.29, 0.717) is 30.6 Å². The fourth-order valence-electron chi connectivity index (χ4n) is 2.55. The summed E-state index contributed by atoms with van der Waals surface area (Å²) < 4.78 is 0. The Kier molecular flexibility index (Phi) is 4.23. The fraction of sp³-hybridized carbons (Fsp3) is 0.500. The van der Waals surface area contributed by atoms with Gasteiger partial charge in [0.15, 0.2) is 5.78 Å². The molecule has 1 aromatic carbocycles. The maximum absolute atomic E-state index is 12.4. The molecule has 0 spiro atoms. The normalized spacial score (nSPS) is 22.1. The average Bonchev–Trinajstić information content (AvgIpc) is 2.89. The molecule has 0 bridgehead atoms. The molecule has 1 unspecified atom stereocenters. The number of hydrogen-bond acceptors (Lipinski definition) is 3. The lowest BCUT2D eigenvalue weighted by Crippen LogP contribution is -2.34. The first-order valence-corrected chi connectivity index (χ1v) is 7.12. The Balaban J connectivity index is 2.09. The van der Waals surface area contributed by atoms with E-state index in [9.17, 15) is 9.59 Å². The summed E-state index contributed by atoms with van der Waals surface area (Å²) in [4.78, 5) is 25.8. The summed E-state index contributed by atoms with van der Waals surface area (Å²) in [5.74, 6) is 0.124. The van der Waals surface area contributed by atoms with Gasteiger partial charge in [0.1, 0.15) is 0 Å². The van der Waals surface area contributed by atoms with Crippen LogP contribution in [0.25, 0.3) is 0 Å². The smallest absolute Gasteiger partial charge is 0.253 e. The van der Waals surface area contributed by atoms with Gasteiger partial charge in [-0.25, -0.2) is 0 Å². The first-order valence-electron chi connectivity index (χ1n) is 7.12. The molecule has 2 rings (SSSR count). The van der Waals surface area contributed by atoms with Gasteiger partial charge in [-0.1, -0.05) is 26.0 Å². The van der Waals surface area contributed by atoms with Gasteiger partial charge in [0.2, 0.25) is 0 Å². The first-order chi connectivity index (χ1) is 9.49. The third-order valence-electron chi connectivity index (χ3n) is 4.11. The molecule has 4 heteroatoms. The van der Waals surface area contributed by atoms with E-state index in [1.54, 1.807) is 24.3 Å². The SMILES string of the molecule is CCC(=O)c1ccc(C(=O)N2CCC(C)(CN)C2)cc1. The highest BCUT2D eigenvalue weighted by atomic mass is 16.2. The summed E-state index contributed by atoms with van der Waals surface area (Å²) in [6.07, 6.45) is 1.43. The second-order valence-electron chi connectivity index (χ2n) is 5.85. The summed E-state index contributed by atoms with van der Waals surface area (Å²) in [5, 5.41) is 0. The van der Waals surface area contributed by atoms with Crippen LogP contribution in [0.4, 0.5) is 0 Å². The van der Waals surface area contributed by atoms with Crippen LogP contribution in [0.1, 0.15) is 47.4 Å². The van der Waals surface area contributed by atoms with Crippen LogP contribution in [0.3, 0.4) is 0 Å². The van der Waals surface area contributed by atoms with Gasteiger partial charge in [-0.05, 0) is 30.5 Å². The molecule has 20 heavy (non-hydrogen) atoms. The molecule has 4 nitrogen and oxygen atoms in total. The maximum atomic E-state index is 12.4.